The molecule has 2 nitrogen and oxygen atoms in total. The molecular weight excluding hydrogens is 204 g/mol. The molecule has 1 aromatic carbocycles. The topological polar surface area (TPSA) is 15.6 Å². The Hall–Kier alpha value is -1.18. The van der Waals surface area contributed by atoms with Crippen LogP contribution in [0.2, 0.25) is 0 Å². The van der Waals surface area contributed by atoms with Crippen LogP contribution in [0.4, 0.5) is 5.69 Å². The van der Waals surface area contributed by atoms with Crippen molar-refractivity contribution >= 4 is 23.1 Å². The Kier molecular flexibility index (Phi) is 3.49. The Morgan fingerprint density at radius 2 is 1.87 bits per heavy atom. The van der Waals surface area contributed by atoms with Crippen molar-refractivity contribution in [3.63, 3.8) is 0 Å². The van der Waals surface area contributed by atoms with Crippen LogP contribution in [-0.2, 0) is 0 Å². The van der Waals surface area contributed by atoms with Crippen LogP contribution in [0.3, 0.4) is 0 Å². The number of anilines is 1. The van der Waals surface area contributed by atoms with E-state index in [1.54, 1.807) is 0 Å². The lowest BCUT2D eigenvalue weighted by Gasteiger charge is -2.31. The predicted molar refractivity (Wildman–Crippen MR) is 66.7 cm³/mol. The summed E-state index contributed by atoms with van der Waals surface area (Å²) in [7, 11) is 0. The van der Waals surface area contributed by atoms with Crippen molar-refractivity contribution in [2.24, 2.45) is 4.99 Å². The fourth-order valence-corrected chi connectivity index (χ4v) is 2.12. The van der Waals surface area contributed by atoms with Gasteiger partial charge in [0.25, 0.3) is 0 Å². The van der Waals surface area contributed by atoms with Gasteiger partial charge in [0.05, 0.1) is 11.2 Å². The van der Waals surface area contributed by atoms with Gasteiger partial charge in [-0.15, -0.1) is 0 Å². The van der Waals surface area contributed by atoms with E-state index in [2.05, 4.69) is 51.5 Å². The maximum Gasteiger partial charge on any atom is 0.0636 e. The minimum absolute atomic E-state index is 0.391. The second-order valence-electron chi connectivity index (χ2n) is 3.77. The van der Waals surface area contributed by atoms with Gasteiger partial charge in [-0.3, -0.25) is 0 Å². The van der Waals surface area contributed by atoms with E-state index in [9.17, 15) is 0 Å². The van der Waals surface area contributed by atoms with E-state index in [0.29, 0.717) is 6.04 Å². The number of benzene rings is 1. The molecule has 1 fully saturated rings. The van der Waals surface area contributed by atoms with Crippen molar-refractivity contribution in [1.29, 1.82) is 0 Å². The molecule has 0 amide bonds. The Bertz CT molecular complexity index is 349. The minimum atomic E-state index is 0.391. The number of rotatable bonds is 2. The monoisotopic (exact) mass is 218 g/mol. The summed E-state index contributed by atoms with van der Waals surface area (Å²) in [5.74, 6) is 0. The van der Waals surface area contributed by atoms with Gasteiger partial charge in [-0.25, -0.2) is 4.99 Å². The zero-order valence-electron chi connectivity index (χ0n) is 8.60. The first-order valence-corrected chi connectivity index (χ1v) is 5.68. The molecule has 0 N–H and O–H groups in total. The molecule has 15 heavy (non-hydrogen) atoms. The van der Waals surface area contributed by atoms with Crippen LogP contribution in [0.15, 0.2) is 35.3 Å². The van der Waals surface area contributed by atoms with Crippen LogP contribution >= 0.6 is 12.2 Å². The van der Waals surface area contributed by atoms with Gasteiger partial charge in [-0.05, 0) is 37.2 Å². The highest BCUT2D eigenvalue weighted by atomic mass is 32.1. The average Bonchev–Trinajstić information content (AvgIpc) is 2.32. The minimum Gasteiger partial charge on any atom is -0.371 e. The molecule has 1 aliphatic rings. The van der Waals surface area contributed by atoms with Crippen LogP contribution < -0.4 is 4.90 Å². The Balaban J connectivity index is 1.97. The summed E-state index contributed by atoms with van der Waals surface area (Å²) < 4.78 is 0. The molecule has 0 atom stereocenters. The van der Waals surface area contributed by atoms with E-state index in [4.69, 9.17) is 0 Å². The second kappa shape index (κ2) is 5.06. The zero-order chi connectivity index (χ0) is 10.5. The van der Waals surface area contributed by atoms with E-state index in [1.807, 2.05) is 6.07 Å². The number of piperidine rings is 1. The van der Waals surface area contributed by atoms with Gasteiger partial charge in [0.1, 0.15) is 0 Å². The van der Waals surface area contributed by atoms with Gasteiger partial charge in [0.2, 0.25) is 0 Å². The number of hydrogen-bond donors (Lipinski definition) is 0. The first kappa shape index (κ1) is 10.3. The zero-order valence-corrected chi connectivity index (χ0v) is 9.41. The molecule has 0 bridgehead atoms. The number of thiocarbonyl (C=S) groups is 1. The van der Waals surface area contributed by atoms with Crippen molar-refractivity contribution in [1.82, 2.24) is 0 Å². The van der Waals surface area contributed by atoms with Gasteiger partial charge in [0, 0.05) is 18.8 Å². The number of hydrogen-bond acceptors (Lipinski definition) is 3. The predicted octanol–water partition coefficient (Wildman–Crippen LogP) is 2.76. The molecule has 0 saturated carbocycles. The number of isothiocyanates is 1. The molecule has 1 heterocycles. The largest absolute Gasteiger partial charge is 0.371 e. The van der Waals surface area contributed by atoms with Crippen LogP contribution in [0, 0.1) is 0 Å². The fraction of sp³-hybridized carbons (Fsp3) is 0.417. The third-order valence-corrected chi connectivity index (χ3v) is 2.93. The molecule has 1 saturated heterocycles. The second-order valence-corrected chi connectivity index (χ2v) is 3.96. The van der Waals surface area contributed by atoms with Crippen molar-refractivity contribution in [2.75, 3.05) is 18.0 Å². The highest BCUT2D eigenvalue weighted by Gasteiger charge is 2.17. The Labute approximate surface area is 95.6 Å². The molecule has 2 rings (SSSR count). The van der Waals surface area contributed by atoms with Crippen LogP contribution in [0.1, 0.15) is 12.8 Å². The SMILES string of the molecule is S=C=NC1CCN(c2ccccc2)CC1. The first-order chi connectivity index (χ1) is 7.40. The lowest BCUT2D eigenvalue weighted by molar-refractivity contribution is 0.505. The first-order valence-electron chi connectivity index (χ1n) is 5.27. The van der Waals surface area contributed by atoms with Crippen LogP contribution in [0.25, 0.3) is 0 Å². The number of nitrogens with zero attached hydrogens (tertiary/aromatic N) is 2. The summed E-state index contributed by atoms with van der Waals surface area (Å²) >= 11 is 4.63. The maximum atomic E-state index is 4.63. The fourth-order valence-electron chi connectivity index (χ4n) is 1.97. The van der Waals surface area contributed by atoms with Crippen molar-refractivity contribution in [3.05, 3.63) is 30.3 Å². The van der Waals surface area contributed by atoms with Gasteiger partial charge in [-0.1, -0.05) is 18.2 Å². The van der Waals surface area contributed by atoms with E-state index in [-0.39, 0.29) is 0 Å². The van der Waals surface area contributed by atoms with Crippen molar-refractivity contribution in [3.8, 4) is 0 Å². The molecule has 1 aromatic rings. The van der Waals surface area contributed by atoms with Gasteiger partial charge < -0.3 is 4.90 Å². The molecule has 0 radical (unpaired) electrons. The van der Waals surface area contributed by atoms with Gasteiger partial charge in [0.15, 0.2) is 0 Å². The highest BCUT2D eigenvalue weighted by molar-refractivity contribution is 7.78. The standard InChI is InChI=1S/C12H14N2S/c15-10-13-11-6-8-14(9-7-11)12-4-2-1-3-5-12/h1-5,11H,6-9H2. The highest BCUT2D eigenvalue weighted by Crippen LogP contribution is 2.20. The lowest BCUT2D eigenvalue weighted by Crippen LogP contribution is -2.35. The van der Waals surface area contributed by atoms with E-state index in [0.717, 1.165) is 25.9 Å². The van der Waals surface area contributed by atoms with E-state index in [1.165, 1.54) is 5.69 Å². The van der Waals surface area contributed by atoms with E-state index >= 15 is 0 Å². The van der Waals surface area contributed by atoms with Gasteiger partial charge in [-0.2, -0.15) is 0 Å². The average molecular weight is 218 g/mol. The molecule has 0 spiro atoms. The van der Waals surface area contributed by atoms with Crippen LogP contribution in [0.5, 0.6) is 0 Å². The quantitative estimate of drug-likeness (QED) is 0.560. The summed E-state index contributed by atoms with van der Waals surface area (Å²) in [5, 5.41) is 2.48. The molecule has 1 aliphatic heterocycles. The Morgan fingerprint density at radius 1 is 1.20 bits per heavy atom. The summed E-state index contributed by atoms with van der Waals surface area (Å²) in [5.41, 5.74) is 1.31. The molecule has 3 heteroatoms. The third-order valence-electron chi connectivity index (χ3n) is 2.82. The summed E-state index contributed by atoms with van der Waals surface area (Å²) in [6.07, 6.45) is 2.16. The summed E-state index contributed by atoms with van der Waals surface area (Å²) in [4.78, 5) is 6.55. The van der Waals surface area contributed by atoms with Crippen molar-refractivity contribution < 1.29 is 0 Å². The van der Waals surface area contributed by atoms with Crippen LogP contribution in [-0.4, -0.2) is 24.3 Å². The lowest BCUT2D eigenvalue weighted by atomic mass is 10.1. The summed E-state index contributed by atoms with van der Waals surface area (Å²) in [6.45, 7) is 2.13. The molecule has 0 unspecified atom stereocenters. The molecule has 0 aliphatic carbocycles. The third kappa shape index (κ3) is 2.65. The number of para-hydroxylation sites is 1. The van der Waals surface area contributed by atoms with Crippen molar-refractivity contribution in [2.45, 2.75) is 18.9 Å². The Morgan fingerprint density at radius 3 is 2.47 bits per heavy atom. The molecule has 0 aromatic heterocycles. The summed E-state index contributed by atoms with van der Waals surface area (Å²) in [6, 6.07) is 10.9. The molecular formula is C12H14N2S. The molecule has 78 valence electrons. The number of aliphatic imine (C=N–C) groups is 1. The van der Waals surface area contributed by atoms with E-state index < -0.39 is 0 Å². The normalized spacial score (nSPS) is 17.2. The maximum absolute atomic E-state index is 4.63. The smallest absolute Gasteiger partial charge is 0.0636 e. The van der Waals surface area contributed by atoms with Gasteiger partial charge >= 0.3 is 0 Å².